The van der Waals surface area contributed by atoms with Crippen LogP contribution in [0.15, 0.2) is 29.5 Å². The molecule has 3 nitrogen and oxygen atoms in total. The van der Waals surface area contributed by atoms with Gasteiger partial charge in [0.2, 0.25) is 0 Å². The molecule has 0 bridgehead atoms. The Hall–Kier alpha value is -1.55. The predicted molar refractivity (Wildman–Crippen MR) is 101 cm³/mol. The van der Waals surface area contributed by atoms with Gasteiger partial charge < -0.3 is 0 Å². The van der Waals surface area contributed by atoms with Crippen LogP contribution in [0, 0.1) is 5.92 Å². The van der Waals surface area contributed by atoms with Crippen LogP contribution in [0.4, 0.5) is 0 Å². The van der Waals surface area contributed by atoms with Crippen molar-refractivity contribution in [3.05, 3.63) is 44.8 Å². The maximum Gasteiger partial charge on any atom is 0.279 e. The quantitative estimate of drug-likeness (QED) is 0.545. The van der Waals surface area contributed by atoms with Crippen LogP contribution in [0.5, 0.6) is 0 Å². The number of allylic oxidation sites excluding steroid dienone is 3. The highest BCUT2D eigenvalue weighted by atomic mass is 32.1. The fourth-order valence-corrected chi connectivity index (χ4v) is 4.60. The number of fused-ring (bicyclic) bond motifs is 1. The molecule has 2 aliphatic rings. The molecule has 3 rings (SSSR count). The first-order valence-electron chi connectivity index (χ1n) is 9.25. The van der Waals surface area contributed by atoms with Gasteiger partial charge in [0.05, 0.1) is 10.6 Å². The van der Waals surface area contributed by atoms with Gasteiger partial charge in [0.25, 0.3) is 5.91 Å². The molecule has 0 saturated heterocycles. The molecule has 0 aliphatic heterocycles. The minimum Gasteiger partial charge on any atom is -0.298 e. The second-order valence-corrected chi connectivity index (χ2v) is 8.16. The summed E-state index contributed by atoms with van der Waals surface area (Å²) in [6, 6.07) is 2.09. The lowest BCUT2D eigenvalue weighted by Crippen LogP contribution is -2.36. The number of carbonyl (C=O) groups is 1. The second-order valence-electron chi connectivity index (χ2n) is 7.03. The summed E-state index contributed by atoms with van der Waals surface area (Å²) >= 11 is 1.66. The number of amides is 1. The number of hydrogen-bond acceptors (Lipinski definition) is 3. The van der Waals surface area contributed by atoms with Crippen LogP contribution in [0.3, 0.4) is 0 Å². The molecule has 2 aliphatic carbocycles. The van der Waals surface area contributed by atoms with Crippen LogP contribution in [0.25, 0.3) is 0 Å². The van der Waals surface area contributed by atoms with Crippen LogP contribution in [-0.4, -0.2) is 5.91 Å². The largest absolute Gasteiger partial charge is 0.298 e. The molecule has 1 heterocycles. The lowest BCUT2D eigenvalue weighted by molar-refractivity contribution is 0.0943. The van der Waals surface area contributed by atoms with Gasteiger partial charge in [0.15, 0.2) is 0 Å². The van der Waals surface area contributed by atoms with E-state index in [0.29, 0.717) is 0 Å². The van der Waals surface area contributed by atoms with Crippen LogP contribution in [0.1, 0.15) is 72.5 Å². The fourth-order valence-electron chi connectivity index (χ4n) is 3.50. The molecule has 0 aromatic carbocycles. The topological polar surface area (TPSA) is 41.1 Å². The van der Waals surface area contributed by atoms with Gasteiger partial charge in [-0.05, 0) is 61.6 Å². The summed E-state index contributed by atoms with van der Waals surface area (Å²) in [5, 5.41) is 0. The van der Waals surface area contributed by atoms with Crippen LogP contribution in [0.2, 0.25) is 0 Å². The molecule has 1 amide bonds. The van der Waals surface area contributed by atoms with Crippen molar-refractivity contribution in [2.75, 3.05) is 0 Å². The minimum absolute atomic E-state index is 0.0113. The lowest BCUT2D eigenvalue weighted by atomic mass is 9.90. The standard InChI is InChI=1S/C20H28N2OS/c1-3-4-5-7-15-8-6-9-17(15)21-22-20(23)19-13-16-12-14(2)10-11-18(16)24-19/h8-9,13-14,21H,3-7,10-12H2,1-2H3,(H,22,23)/t14-/m1/s1. The number of unbranched alkanes of at least 4 members (excludes halogenated alkanes) is 2. The maximum absolute atomic E-state index is 12.5. The molecule has 0 fully saturated rings. The van der Waals surface area contributed by atoms with Gasteiger partial charge in [-0.25, -0.2) is 0 Å². The molecule has 130 valence electrons. The van der Waals surface area contributed by atoms with Crippen molar-refractivity contribution in [3.8, 4) is 0 Å². The van der Waals surface area contributed by atoms with Crippen molar-refractivity contribution in [1.82, 2.24) is 10.9 Å². The van der Waals surface area contributed by atoms with E-state index in [1.807, 2.05) is 0 Å². The molecule has 2 N–H and O–H groups in total. The first kappa shape index (κ1) is 17.3. The fraction of sp³-hybridized carbons (Fsp3) is 0.550. The molecule has 24 heavy (non-hydrogen) atoms. The Morgan fingerprint density at radius 1 is 1.33 bits per heavy atom. The van der Waals surface area contributed by atoms with Gasteiger partial charge in [-0.1, -0.05) is 38.8 Å². The number of carbonyl (C=O) groups excluding carboxylic acids is 1. The third-order valence-corrected chi connectivity index (χ3v) is 6.18. The Kier molecular flexibility index (Phi) is 5.77. The molecule has 0 radical (unpaired) electrons. The molecule has 1 atom stereocenters. The zero-order chi connectivity index (χ0) is 16.9. The Morgan fingerprint density at radius 2 is 2.21 bits per heavy atom. The minimum atomic E-state index is -0.0113. The summed E-state index contributed by atoms with van der Waals surface area (Å²) in [6.45, 7) is 4.51. The first-order valence-corrected chi connectivity index (χ1v) is 10.1. The summed E-state index contributed by atoms with van der Waals surface area (Å²) in [7, 11) is 0. The SMILES string of the molecule is CCCCCC1=CCC=C1NNC(=O)c1cc2c(s1)CC[C@@H](C)C2. The van der Waals surface area contributed by atoms with E-state index in [1.54, 1.807) is 11.3 Å². The maximum atomic E-state index is 12.5. The zero-order valence-corrected chi connectivity index (χ0v) is 15.6. The predicted octanol–water partition coefficient (Wildman–Crippen LogP) is 4.90. The summed E-state index contributed by atoms with van der Waals surface area (Å²) in [5.41, 5.74) is 9.83. The van der Waals surface area contributed by atoms with Crippen LogP contribution >= 0.6 is 11.3 Å². The van der Waals surface area contributed by atoms with E-state index in [1.165, 1.54) is 41.7 Å². The van der Waals surface area contributed by atoms with Crippen molar-refractivity contribution < 1.29 is 4.79 Å². The molecule has 1 aromatic heterocycles. The van der Waals surface area contributed by atoms with Gasteiger partial charge in [-0.3, -0.25) is 15.6 Å². The highest BCUT2D eigenvalue weighted by Crippen LogP contribution is 2.32. The summed E-state index contributed by atoms with van der Waals surface area (Å²) in [5.74, 6) is 0.725. The van der Waals surface area contributed by atoms with E-state index < -0.39 is 0 Å². The third-order valence-electron chi connectivity index (χ3n) is 4.95. The van der Waals surface area contributed by atoms with Crippen molar-refractivity contribution in [3.63, 3.8) is 0 Å². The van der Waals surface area contributed by atoms with Gasteiger partial charge in [-0.2, -0.15) is 0 Å². The van der Waals surface area contributed by atoms with Crippen molar-refractivity contribution in [2.24, 2.45) is 5.92 Å². The molecular weight excluding hydrogens is 316 g/mol. The van der Waals surface area contributed by atoms with E-state index in [2.05, 4.69) is 42.9 Å². The Labute approximate surface area is 149 Å². The van der Waals surface area contributed by atoms with Gasteiger partial charge in [0, 0.05) is 4.88 Å². The highest BCUT2D eigenvalue weighted by molar-refractivity contribution is 7.14. The molecular formula is C20H28N2OS. The number of nitrogens with one attached hydrogen (secondary N) is 2. The monoisotopic (exact) mass is 344 g/mol. The number of rotatable bonds is 7. The van der Waals surface area contributed by atoms with Crippen molar-refractivity contribution >= 4 is 17.2 Å². The van der Waals surface area contributed by atoms with E-state index in [4.69, 9.17) is 0 Å². The highest BCUT2D eigenvalue weighted by Gasteiger charge is 2.21. The zero-order valence-electron chi connectivity index (χ0n) is 14.8. The van der Waals surface area contributed by atoms with Crippen LogP contribution in [-0.2, 0) is 12.8 Å². The Bertz CT molecular complexity index is 657. The van der Waals surface area contributed by atoms with Crippen molar-refractivity contribution in [1.29, 1.82) is 0 Å². The number of thiophene rings is 1. The average Bonchev–Trinajstić information content (AvgIpc) is 3.19. The van der Waals surface area contributed by atoms with E-state index in [0.717, 1.165) is 42.2 Å². The molecule has 0 spiro atoms. The molecule has 4 heteroatoms. The van der Waals surface area contributed by atoms with E-state index in [-0.39, 0.29) is 5.91 Å². The molecule has 0 saturated carbocycles. The first-order chi connectivity index (χ1) is 11.7. The molecule has 0 unspecified atom stereocenters. The van der Waals surface area contributed by atoms with E-state index >= 15 is 0 Å². The Morgan fingerprint density at radius 3 is 3.04 bits per heavy atom. The van der Waals surface area contributed by atoms with E-state index in [9.17, 15) is 4.79 Å². The summed E-state index contributed by atoms with van der Waals surface area (Å²) in [6.07, 6.45) is 13.7. The van der Waals surface area contributed by atoms with Gasteiger partial charge in [-0.15, -0.1) is 11.3 Å². The third kappa shape index (κ3) is 4.10. The smallest absolute Gasteiger partial charge is 0.279 e. The normalized spacial score (nSPS) is 19.5. The summed E-state index contributed by atoms with van der Waals surface area (Å²) < 4.78 is 0. The van der Waals surface area contributed by atoms with Crippen molar-refractivity contribution in [2.45, 2.75) is 65.2 Å². The Balaban J connectivity index is 1.53. The number of aryl methyl sites for hydroxylation is 1. The average molecular weight is 345 g/mol. The van der Waals surface area contributed by atoms with Crippen LogP contribution < -0.4 is 10.9 Å². The van der Waals surface area contributed by atoms with Gasteiger partial charge in [0.1, 0.15) is 0 Å². The van der Waals surface area contributed by atoms with Gasteiger partial charge >= 0.3 is 0 Å². The molecule has 1 aromatic rings. The second kappa shape index (κ2) is 8.02. The summed E-state index contributed by atoms with van der Waals surface area (Å²) in [4.78, 5) is 14.7. The number of hydrazine groups is 1. The lowest BCUT2D eigenvalue weighted by Gasteiger charge is -2.16. The number of hydrogen-bond donors (Lipinski definition) is 2.